The number of nitrogens with one attached hydrogen (secondary N) is 1. The Morgan fingerprint density at radius 1 is 1.14 bits per heavy atom. The van der Waals surface area contributed by atoms with Gasteiger partial charge in [-0.25, -0.2) is 4.98 Å². The molecule has 22 heavy (non-hydrogen) atoms. The van der Waals surface area contributed by atoms with Gasteiger partial charge in [-0.3, -0.25) is 4.79 Å². The van der Waals surface area contributed by atoms with E-state index in [9.17, 15) is 4.79 Å². The van der Waals surface area contributed by atoms with Crippen LogP contribution in [0.1, 0.15) is 30.9 Å². The molecule has 2 rings (SSSR count). The highest BCUT2D eigenvalue weighted by Crippen LogP contribution is 2.11. The molecule has 0 aliphatic rings. The first kappa shape index (κ1) is 18.0. The number of nitrogens with zero attached hydrogens (tertiary/aromatic N) is 1. The average molecular weight is 320 g/mol. The number of nitrogens with two attached hydrogens (primary N) is 1. The molecule has 2 aromatic rings. The molecule has 5 heteroatoms. The summed E-state index contributed by atoms with van der Waals surface area (Å²) in [5.74, 6) is 0.388. The summed E-state index contributed by atoms with van der Waals surface area (Å²) in [7, 11) is 0. The minimum atomic E-state index is -0.0529. The van der Waals surface area contributed by atoms with E-state index in [2.05, 4.69) is 29.4 Å². The molecule has 0 bridgehead atoms. The predicted molar refractivity (Wildman–Crippen MR) is 93.3 cm³/mol. The number of nitrogen functional groups attached to an aromatic ring is 1. The Hall–Kier alpha value is -2.07. The summed E-state index contributed by atoms with van der Waals surface area (Å²) in [4.78, 5) is 15.9. The van der Waals surface area contributed by atoms with Crippen LogP contribution in [0, 0.1) is 0 Å². The van der Waals surface area contributed by atoms with Crippen LogP contribution in [0.15, 0.2) is 42.6 Å². The maximum atomic E-state index is 12.0. The van der Waals surface area contributed by atoms with Gasteiger partial charge >= 0.3 is 0 Å². The number of benzene rings is 1. The molecule has 1 amide bonds. The fourth-order valence-corrected chi connectivity index (χ4v) is 2.07. The van der Waals surface area contributed by atoms with E-state index in [1.807, 2.05) is 12.1 Å². The van der Waals surface area contributed by atoms with Crippen molar-refractivity contribution in [3.63, 3.8) is 0 Å². The molecule has 0 fully saturated rings. The highest BCUT2D eigenvalue weighted by atomic mass is 35.5. The Labute approximate surface area is 137 Å². The van der Waals surface area contributed by atoms with E-state index < -0.39 is 0 Å². The number of aromatic nitrogens is 1. The van der Waals surface area contributed by atoms with E-state index in [0.29, 0.717) is 17.9 Å². The summed E-state index contributed by atoms with van der Waals surface area (Å²) >= 11 is 0. The zero-order valence-electron chi connectivity index (χ0n) is 12.7. The number of aryl methyl sites for hydroxylation is 1. The van der Waals surface area contributed by atoms with E-state index in [4.69, 9.17) is 5.73 Å². The summed E-state index contributed by atoms with van der Waals surface area (Å²) in [6.45, 7) is 2.19. The van der Waals surface area contributed by atoms with Crippen LogP contribution in [0.5, 0.6) is 0 Å². The van der Waals surface area contributed by atoms with Crippen LogP contribution >= 0.6 is 12.4 Å². The SMILES string of the molecule is CCCCc1ccc(CC(=O)Nc2ccc(N)nc2)cc1.Cl. The van der Waals surface area contributed by atoms with E-state index >= 15 is 0 Å². The van der Waals surface area contributed by atoms with E-state index in [-0.39, 0.29) is 18.3 Å². The van der Waals surface area contributed by atoms with E-state index in [1.165, 1.54) is 18.4 Å². The fourth-order valence-electron chi connectivity index (χ4n) is 2.07. The van der Waals surface area contributed by atoms with Crippen molar-refractivity contribution < 1.29 is 4.79 Å². The molecule has 3 N–H and O–H groups in total. The van der Waals surface area contributed by atoms with Crippen molar-refractivity contribution in [1.29, 1.82) is 0 Å². The van der Waals surface area contributed by atoms with Crippen molar-refractivity contribution in [2.45, 2.75) is 32.6 Å². The van der Waals surface area contributed by atoms with E-state index in [1.54, 1.807) is 18.3 Å². The first-order valence-corrected chi connectivity index (χ1v) is 7.26. The topological polar surface area (TPSA) is 68.0 Å². The van der Waals surface area contributed by atoms with Crippen molar-refractivity contribution in [2.75, 3.05) is 11.1 Å². The van der Waals surface area contributed by atoms with Crippen LogP contribution in [-0.4, -0.2) is 10.9 Å². The summed E-state index contributed by atoms with van der Waals surface area (Å²) < 4.78 is 0. The lowest BCUT2D eigenvalue weighted by atomic mass is 10.0. The number of pyridine rings is 1. The number of carbonyl (C=O) groups is 1. The summed E-state index contributed by atoms with van der Waals surface area (Å²) in [5.41, 5.74) is 8.50. The molecule has 0 aliphatic heterocycles. The number of hydrogen-bond donors (Lipinski definition) is 2. The van der Waals surface area contributed by atoms with Crippen molar-refractivity contribution in [2.24, 2.45) is 0 Å². The summed E-state index contributed by atoms with van der Waals surface area (Å²) in [6.07, 6.45) is 5.41. The summed E-state index contributed by atoms with van der Waals surface area (Å²) in [6, 6.07) is 11.6. The third-order valence-corrected chi connectivity index (χ3v) is 3.28. The second kappa shape index (κ2) is 9.05. The molecule has 1 aromatic heterocycles. The van der Waals surface area contributed by atoms with Gasteiger partial charge in [0.15, 0.2) is 0 Å². The number of amides is 1. The second-order valence-electron chi connectivity index (χ2n) is 5.12. The Morgan fingerprint density at radius 2 is 1.82 bits per heavy atom. The van der Waals surface area contributed by atoms with Crippen molar-refractivity contribution in [3.05, 3.63) is 53.7 Å². The standard InChI is InChI=1S/C17H21N3O.ClH/c1-2-3-4-13-5-7-14(8-6-13)11-17(21)20-15-9-10-16(18)19-12-15;/h5-10,12H,2-4,11H2,1H3,(H2,18,19)(H,20,21);1H. The molecule has 0 unspecified atom stereocenters. The molecule has 0 saturated carbocycles. The van der Waals surface area contributed by atoms with Gasteiger partial charge < -0.3 is 11.1 Å². The van der Waals surface area contributed by atoms with Gasteiger partial charge in [0.25, 0.3) is 0 Å². The van der Waals surface area contributed by atoms with Crippen LogP contribution in [-0.2, 0) is 17.6 Å². The maximum absolute atomic E-state index is 12.0. The average Bonchev–Trinajstić information content (AvgIpc) is 2.49. The number of unbranched alkanes of at least 4 members (excludes halogenated alkanes) is 1. The molecular weight excluding hydrogens is 298 g/mol. The minimum Gasteiger partial charge on any atom is -0.384 e. The van der Waals surface area contributed by atoms with Crippen LogP contribution in [0.2, 0.25) is 0 Å². The molecular formula is C17H22ClN3O. The van der Waals surface area contributed by atoms with Gasteiger partial charge in [0.2, 0.25) is 5.91 Å². The highest BCUT2D eigenvalue weighted by Gasteiger charge is 2.04. The van der Waals surface area contributed by atoms with Gasteiger partial charge in [-0.2, -0.15) is 0 Å². The van der Waals surface area contributed by atoms with Crippen LogP contribution in [0.3, 0.4) is 0 Å². The molecule has 0 aliphatic carbocycles. The Kier molecular flexibility index (Phi) is 7.40. The van der Waals surface area contributed by atoms with Gasteiger partial charge in [0, 0.05) is 0 Å². The smallest absolute Gasteiger partial charge is 0.228 e. The zero-order valence-corrected chi connectivity index (χ0v) is 13.5. The van der Waals surface area contributed by atoms with E-state index in [0.717, 1.165) is 12.0 Å². The van der Waals surface area contributed by atoms with Crippen LogP contribution in [0.25, 0.3) is 0 Å². The lowest BCUT2D eigenvalue weighted by Crippen LogP contribution is -2.14. The largest absolute Gasteiger partial charge is 0.384 e. The molecule has 0 saturated heterocycles. The predicted octanol–water partition coefficient (Wildman–Crippen LogP) is 3.61. The number of rotatable bonds is 6. The van der Waals surface area contributed by atoms with Crippen molar-refractivity contribution in [1.82, 2.24) is 4.98 Å². The van der Waals surface area contributed by atoms with Gasteiger partial charge in [-0.05, 0) is 36.1 Å². The molecule has 0 spiro atoms. The molecule has 4 nitrogen and oxygen atoms in total. The maximum Gasteiger partial charge on any atom is 0.228 e. The normalized spacial score (nSPS) is 9.86. The number of hydrogen-bond acceptors (Lipinski definition) is 3. The lowest BCUT2D eigenvalue weighted by Gasteiger charge is -2.06. The summed E-state index contributed by atoms with van der Waals surface area (Å²) in [5, 5.41) is 2.81. The first-order valence-electron chi connectivity index (χ1n) is 7.26. The number of halogens is 1. The second-order valence-corrected chi connectivity index (χ2v) is 5.12. The molecule has 1 heterocycles. The van der Waals surface area contributed by atoms with Crippen LogP contribution in [0.4, 0.5) is 11.5 Å². The van der Waals surface area contributed by atoms with Crippen molar-refractivity contribution in [3.8, 4) is 0 Å². The van der Waals surface area contributed by atoms with Gasteiger partial charge in [0.05, 0.1) is 18.3 Å². The lowest BCUT2D eigenvalue weighted by molar-refractivity contribution is -0.115. The number of anilines is 2. The molecule has 118 valence electrons. The fraction of sp³-hybridized carbons (Fsp3) is 0.294. The third kappa shape index (κ3) is 5.74. The third-order valence-electron chi connectivity index (χ3n) is 3.28. The molecule has 0 atom stereocenters. The minimum absolute atomic E-state index is 0. The van der Waals surface area contributed by atoms with Gasteiger partial charge in [0.1, 0.15) is 5.82 Å². The Morgan fingerprint density at radius 3 is 2.41 bits per heavy atom. The van der Waals surface area contributed by atoms with Crippen LogP contribution < -0.4 is 11.1 Å². The highest BCUT2D eigenvalue weighted by molar-refractivity contribution is 5.92. The number of carbonyl (C=O) groups excluding carboxylic acids is 1. The Balaban J connectivity index is 0.00000242. The van der Waals surface area contributed by atoms with Gasteiger partial charge in [-0.15, -0.1) is 12.4 Å². The first-order chi connectivity index (χ1) is 10.2. The van der Waals surface area contributed by atoms with Crippen molar-refractivity contribution >= 4 is 29.8 Å². The quantitative estimate of drug-likeness (QED) is 0.854. The zero-order chi connectivity index (χ0) is 15.1. The Bertz CT molecular complexity index is 582. The monoisotopic (exact) mass is 319 g/mol. The molecule has 1 aromatic carbocycles. The van der Waals surface area contributed by atoms with Gasteiger partial charge in [-0.1, -0.05) is 37.6 Å². The molecule has 0 radical (unpaired) electrons.